The largest absolute Gasteiger partial charge is 0.372 e. The van der Waals surface area contributed by atoms with Crippen LogP contribution in [0.3, 0.4) is 0 Å². The first-order chi connectivity index (χ1) is 14.0. The van der Waals surface area contributed by atoms with Crippen molar-refractivity contribution in [2.75, 3.05) is 37.5 Å². The van der Waals surface area contributed by atoms with Crippen LogP contribution in [0.25, 0.3) is 11.1 Å². The Morgan fingerprint density at radius 2 is 1.86 bits per heavy atom. The fraction of sp³-hybridized carbons (Fsp3) is 0.571. The van der Waals surface area contributed by atoms with E-state index in [1.54, 1.807) is 0 Å². The van der Waals surface area contributed by atoms with Gasteiger partial charge in [0.25, 0.3) is 10.1 Å². The van der Waals surface area contributed by atoms with Gasteiger partial charge in [0.1, 0.15) is 6.23 Å². The summed E-state index contributed by atoms with van der Waals surface area (Å²) in [5, 5.41) is 4.50. The average molecular weight is 420 g/mol. The van der Waals surface area contributed by atoms with Crippen molar-refractivity contribution < 1.29 is 17.3 Å². The van der Waals surface area contributed by atoms with Crippen molar-refractivity contribution in [3.8, 4) is 11.1 Å². The van der Waals surface area contributed by atoms with Gasteiger partial charge in [-0.2, -0.15) is 13.5 Å². The Kier molecular flexibility index (Phi) is 6.22. The molecule has 8 heteroatoms. The fourth-order valence-electron chi connectivity index (χ4n) is 4.02. The fourth-order valence-corrected chi connectivity index (χ4v) is 4.46. The summed E-state index contributed by atoms with van der Waals surface area (Å²) in [6, 6.07) is 8.57. The predicted octanol–water partition coefficient (Wildman–Crippen LogP) is 3.44. The summed E-state index contributed by atoms with van der Waals surface area (Å²) in [4.78, 5) is 2.35. The van der Waals surface area contributed by atoms with Crippen LogP contribution < -0.4 is 4.90 Å². The number of ether oxygens (including phenoxy) is 1. The zero-order valence-corrected chi connectivity index (χ0v) is 17.7. The summed E-state index contributed by atoms with van der Waals surface area (Å²) in [6.07, 6.45) is 10.3. The molecule has 4 rings (SSSR count). The molecule has 7 nitrogen and oxygen atoms in total. The molecule has 2 fully saturated rings. The molecule has 0 saturated carbocycles. The summed E-state index contributed by atoms with van der Waals surface area (Å²) < 4.78 is 35.0. The second-order valence-electron chi connectivity index (χ2n) is 8.00. The smallest absolute Gasteiger partial charge is 0.264 e. The first-order valence-electron chi connectivity index (χ1n) is 10.3. The van der Waals surface area contributed by atoms with Gasteiger partial charge in [0, 0.05) is 37.1 Å². The van der Waals surface area contributed by atoms with Gasteiger partial charge >= 0.3 is 0 Å². The molecule has 3 heterocycles. The number of aromatic nitrogens is 2. The van der Waals surface area contributed by atoms with Crippen LogP contribution in [0, 0.1) is 5.92 Å². The molecule has 2 aliphatic rings. The maximum atomic E-state index is 11.2. The van der Waals surface area contributed by atoms with Crippen LogP contribution >= 0.6 is 0 Å². The van der Waals surface area contributed by atoms with Gasteiger partial charge in [0.2, 0.25) is 0 Å². The van der Waals surface area contributed by atoms with Crippen LogP contribution in [0.5, 0.6) is 0 Å². The molecule has 2 aromatic rings. The molecule has 1 unspecified atom stereocenters. The van der Waals surface area contributed by atoms with Gasteiger partial charge in [-0.15, -0.1) is 0 Å². The Morgan fingerprint density at radius 3 is 2.52 bits per heavy atom. The van der Waals surface area contributed by atoms with Crippen molar-refractivity contribution in [3.63, 3.8) is 0 Å². The number of hydrogen-bond donors (Lipinski definition) is 0. The predicted molar refractivity (Wildman–Crippen MR) is 112 cm³/mol. The lowest BCUT2D eigenvalue weighted by Gasteiger charge is -2.33. The van der Waals surface area contributed by atoms with Crippen molar-refractivity contribution in [2.24, 2.45) is 5.92 Å². The summed E-state index contributed by atoms with van der Waals surface area (Å²) in [6.45, 7) is 2.92. The lowest BCUT2D eigenvalue weighted by molar-refractivity contribution is -0.0394. The Morgan fingerprint density at radius 1 is 1.10 bits per heavy atom. The summed E-state index contributed by atoms with van der Waals surface area (Å²) in [5.41, 5.74) is 3.44. The topological polar surface area (TPSA) is 73.7 Å². The molecule has 0 radical (unpaired) electrons. The molecule has 2 saturated heterocycles. The molecule has 0 bridgehead atoms. The summed E-state index contributed by atoms with van der Waals surface area (Å²) in [7, 11) is -3.35. The first kappa shape index (κ1) is 20.4. The lowest BCUT2D eigenvalue weighted by atomic mass is 9.97. The lowest BCUT2D eigenvalue weighted by Crippen LogP contribution is -2.35. The molecule has 0 spiro atoms. The maximum Gasteiger partial charge on any atom is 0.264 e. The number of nitrogens with zero attached hydrogens (tertiary/aromatic N) is 3. The van der Waals surface area contributed by atoms with Gasteiger partial charge in [-0.05, 0) is 55.7 Å². The van der Waals surface area contributed by atoms with E-state index >= 15 is 0 Å². The highest BCUT2D eigenvalue weighted by Gasteiger charge is 2.21. The van der Waals surface area contributed by atoms with Gasteiger partial charge in [-0.3, -0.25) is 4.18 Å². The molecule has 0 amide bonds. The third kappa shape index (κ3) is 5.38. The Hall–Kier alpha value is -1.90. The number of anilines is 1. The van der Waals surface area contributed by atoms with Crippen LogP contribution in [0.15, 0.2) is 36.7 Å². The molecule has 1 aromatic heterocycles. The van der Waals surface area contributed by atoms with Crippen LogP contribution in [0.4, 0.5) is 5.69 Å². The van der Waals surface area contributed by atoms with E-state index < -0.39 is 10.1 Å². The molecular weight excluding hydrogens is 390 g/mol. The Labute approximate surface area is 172 Å². The minimum atomic E-state index is -3.35. The van der Waals surface area contributed by atoms with E-state index in [0.717, 1.165) is 62.8 Å². The van der Waals surface area contributed by atoms with Gasteiger partial charge in [-0.25, -0.2) is 4.68 Å². The van der Waals surface area contributed by atoms with Crippen molar-refractivity contribution in [3.05, 3.63) is 36.7 Å². The second-order valence-corrected chi connectivity index (χ2v) is 9.64. The second kappa shape index (κ2) is 8.85. The molecule has 0 aliphatic carbocycles. The van der Waals surface area contributed by atoms with Gasteiger partial charge in [0.05, 0.1) is 19.1 Å². The molecular formula is C21H29N3O4S. The van der Waals surface area contributed by atoms with E-state index in [0.29, 0.717) is 12.5 Å². The highest BCUT2D eigenvalue weighted by molar-refractivity contribution is 7.85. The van der Waals surface area contributed by atoms with E-state index in [1.165, 1.54) is 12.1 Å². The quantitative estimate of drug-likeness (QED) is 0.668. The van der Waals surface area contributed by atoms with Gasteiger partial charge in [-0.1, -0.05) is 12.1 Å². The third-order valence-electron chi connectivity index (χ3n) is 5.75. The Bertz CT molecular complexity index is 896. The van der Waals surface area contributed by atoms with Crippen molar-refractivity contribution in [1.82, 2.24) is 9.78 Å². The summed E-state index contributed by atoms with van der Waals surface area (Å²) >= 11 is 0. The molecule has 0 N–H and O–H groups in total. The molecule has 29 heavy (non-hydrogen) atoms. The van der Waals surface area contributed by atoms with Gasteiger partial charge < -0.3 is 9.64 Å². The SMILES string of the molecule is CS(=O)(=O)OCC1CCN(c2ccc(-c3cnn(C4CCCCO4)c3)cc2)CC1. The van der Waals surface area contributed by atoms with E-state index in [9.17, 15) is 8.42 Å². The molecule has 1 atom stereocenters. The minimum absolute atomic E-state index is 0.0599. The van der Waals surface area contributed by atoms with Crippen LogP contribution in [-0.4, -0.2) is 50.8 Å². The number of rotatable bonds is 6. The third-order valence-corrected chi connectivity index (χ3v) is 6.31. The van der Waals surface area contributed by atoms with Crippen LogP contribution in [0.1, 0.15) is 38.3 Å². The van der Waals surface area contributed by atoms with Crippen molar-refractivity contribution in [2.45, 2.75) is 38.3 Å². The van der Waals surface area contributed by atoms with Crippen LogP contribution in [0.2, 0.25) is 0 Å². The normalized spacial score (nSPS) is 21.4. The zero-order chi connectivity index (χ0) is 20.3. The number of piperidine rings is 1. The average Bonchev–Trinajstić information content (AvgIpc) is 3.23. The first-order valence-corrected chi connectivity index (χ1v) is 12.2. The van der Waals surface area contributed by atoms with E-state index in [-0.39, 0.29) is 6.23 Å². The highest BCUT2D eigenvalue weighted by atomic mass is 32.2. The zero-order valence-electron chi connectivity index (χ0n) is 16.9. The van der Waals surface area contributed by atoms with E-state index in [1.807, 2.05) is 10.9 Å². The molecule has 158 valence electrons. The summed E-state index contributed by atoms with van der Waals surface area (Å²) in [5.74, 6) is 0.299. The number of benzene rings is 1. The highest BCUT2D eigenvalue weighted by Crippen LogP contribution is 2.28. The van der Waals surface area contributed by atoms with Gasteiger partial charge in [0.15, 0.2) is 0 Å². The van der Waals surface area contributed by atoms with E-state index in [4.69, 9.17) is 8.92 Å². The number of hydrogen-bond acceptors (Lipinski definition) is 6. The van der Waals surface area contributed by atoms with E-state index in [2.05, 4.69) is 40.5 Å². The molecule has 2 aliphatic heterocycles. The minimum Gasteiger partial charge on any atom is -0.372 e. The maximum absolute atomic E-state index is 11.2. The molecule has 1 aromatic carbocycles. The Balaban J connectivity index is 1.33. The van der Waals surface area contributed by atoms with Crippen LogP contribution in [-0.2, 0) is 19.0 Å². The van der Waals surface area contributed by atoms with Crippen molar-refractivity contribution >= 4 is 15.8 Å². The standard InChI is InChI=1S/C21H29N3O4S/c1-29(25,26)28-16-17-9-11-23(12-10-17)20-7-5-18(6-8-20)19-14-22-24(15-19)21-4-2-3-13-27-21/h5-8,14-15,17,21H,2-4,9-13,16H2,1H3. The van der Waals surface area contributed by atoms with Crippen molar-refractivity contribution in [1.29, 1.82) is 0 Å². The monoisotopic (exact) mass is 419 g/mol.